The van der Waals surface area contributed by atoms with Gasteiger partial charge in [-0.2, -0.15) is 0 Å². The molecule has 0 amide bonds. The molecule has 1 aromatic rings. The fourth-order valence-electron chi connectivity index (χ4n) is 1.21. The van der Waals surface area contributed by atoms with Crippen molar-refractivity contribution >= 4 is 33.2 Å². The quantitative estimate of drug-likeness (QED) is 0.669. The molecule has 0 radical (unpaired) electrons. The maximum Gasteiger partial charge on any atom is 0.242 e. The molecule has 0 saturated heterocycles. The van der Waals surface area contributed by atoms with Crippen LogP contribution in [0.2, 0.25) is 10.0 Å². The molecule has 3 nitrogen and oxygen atoms in total. The fraction of sp³-hybridized carbons (Fsp3) is 0.273. The summed E-state index contributed by atoms with van der Waals surface area (Å²) in [5.41, 5.74) is 0. The number of sulfonamides is 1. The molecule has 0 saturated carbocycles. The highest BCUT2D eigenvalue weighted by Gasteiger charge is 2.18. The van der Waals surface area contributed by atoms with Crippen molar-refractivity contribution in [1.29, 1.82) is 0 Å². The van der Waals surface area contributed by atoms with Gasteiger partial charge >= 0.3 is 0 Å². The summed E-state index contributed by atoms with van der Waals surface area (Å²) in [5.74, 6) is 0. The van der Waals surface area contributed by atoms with E-state index in [1.165, 1.54) is 6.07 Å². The van der Waals surface area contributed by atoms with Crippen LogP contribution >= 0.6 is 23.2 Å². The molecule has 1 N–H and O–H groups in total. The molecule has 0 aliphatic heterocycles. The van der Waals surface area contributed by atoms with E-state index in [1.54, 1.807) is 12.1 Å². The van der Waals surface area contributed by atoms with Gasteiger partial charge in [-0.1, -0.05) is 41.4 Å². The third-order valence-electron chi connectivity index (χ3n) is 2.04. The lowest BCUT2D eigenvalue weighted by Gasteiger charge is -2.08. The van der Waals surface area contributed by atoms with Gasteiger partial charge < -0.3 is 0 Å². The molecule has 0 unspecified atom stereocenters. The normalized spacial score (nSPS) is 12.2. The molecule has 1 rings (SSSR count). The van der Waals surface area contributed by atoms with Crippen molar-refractivity contribution in [2.24, 2.45) is 0 Å². The highest BCUT2D eigenvalue weighted by Crippen LogP contribution is 2.28. The molecule has 0 aliphatic carbocycles. The Morgan fingerprint density at radius 2 is 2.06 bits per heavy atom. The number of halogens is 2. The van der Waals surface area contributed by atoms with Crippen molar-refractivity contribution in [2.45, 2.75) is 18.2 Å². The van der Waals surface area contributed by atoms with Crippen LogP contribution in [0.4, 0.5) is 0 Å². The lowest BCUT2D eigenvalue weighted by molar-refractivity contribution is 0.582. The van der Waals surface area contributed by atoms with Gasteiger partial charge in [0.25, 0.3) is 0 Å². The van der Waals surface area contributed by atoms with E-state index in [1.807, 2.05) is 19.1 Å². The number of allylic oxidation sites excluding steroid dienone is 1. The molecule has 0 bridgehead atoms. The second-order valence-corrected chi connectivity index (χ2v) is 5.83. The summed E-state index contributed by atoms with van der Waals surface area (Å²) in [4.78, 5) is 0.00662. The summed E-state index contributed by atoms with van der Waals surface area (Å²) in [6.07, 6.45) is 4.37. The van der Waals surface area contributed by atoms with Gasteiger partial charge in [-0.3, -0.25) is 0 Å². The number of nitrogens with one attached hydrogen (secondary N) is 1. The Bertz CT molecular complexity index is 512. The monoisotopic (exact) mass is 293 g/mol. The van der Waals surface area contributed by atoms with Crippen LogP contribution < -0.4 is 4.72 Å². The molecule has 1 aromatic carbocycles. The van der Waals surface area contributed by atoms with Crippen molar-refractivity contribution in [3.8, 4) is 0 Å². The smallest absolute Gasteiger partial charge is 0.211 e. The summed E-state index contributed by atoms with van der Waals surface area (Å²) < 4.78 is 26.2. The summed E-state index contributed by atoms with van der Waals surface area (Å²) in [7, 11) is -3.59. The predicted molar refractivity (Wildman–Crippen MR) is 71.1 cm³/mol. The van der Waals surface area contributed by atoms with Crippen LogP contribution in [0.15, 0.2) is 35.2 Å². The van der Waals surface area contributed by atoms with Gasteiger partial charge in [-0.05, 0) is 25.5 Å². The van der Waals surface area contributed by atoms with E-state index in [2.05, 4.69) is 4.72 Å². The molecule has 6 heteroatoms. The van der Waals surface area contributed by atoms with Crippen LogP contribution in [0.1, 0.15) is 13.3 Å². The molecule has 94 valence electrons. The molecular weight excluding hydrogens is 281 g/mol. The maximum atomic E-state index is 11.9. The number of benzene rings is 1. The molecule has 0 atom stereocenters. The van der Waals surface area contributed by atoms with Crippen LogP contribution in [0.3, 0.4) is 0 Å². The highest BCUT2D eigenvalue weighted by atomic mass is 35.5. The lowest BCUT2D eigenvalue weighted by atomic mass is 10.4. The standard InChI is InChI=1S/C11H13Cl2NO2S/c1-2-3-4-8-14-17(15,16)10-7-5-6-9(12)11(10)13/h2-3,5-7,14H,4,8H2,1H3/b3-2+. The molecule has 0 aromatic heterocycles. The van der Waals surface area contributed by atoms with Crippen molar-refractivity contribution in [2.75, 3.05) is 6.54 Å². The maximum absolute atomic E-state index is 11.9. The zero-order valence-corrected chi connectivity index (χ0v) is 11.6. The Labute approximate surface area is 111 Å². The Morgan fingerprint density at radius 3 is 2.71 bits per heavy atom. The first-order chi connectivity index (χ1) is 7.99. The number of hydrogen-bond acceptors (Lipinski definition) is 2. The van der Waals surface area contributed by atoms with Gasteiger partial charge in [0.15, 0.2) is 0 Å². The largest absolute Gasteiger partial charge is 0.242 e. The minimum atomic E-state index is -3.59. The van der Waals surface area contributed by atoms with Crippen LogP contribution in [-0.4, -0.2) is 15.0 Å². The highest BCUT2D eigenvalue weighted by molar-refractivity contribution is 7.89. The van der Waals surface area contributed by atoms with Crippen LogP contribution in [0, 0.1) is 0 Å². The third kappa shape index (κ3) is 4.00. The fourth-order valence-corrected chi connectivity index (χ4v) is 3.02. The van der Waals surface area contributed by atoms with Gasteiger partial charge in [0.1, 0.15) is 4.90 Å². The first kappa shape index (κ1) is 14.5. The Hall–Kier alpha value is -0.550. The second-order valence-electron chi connectivity index (χ2n) is 3.31. The molecule has 0 spiro atoms. The van der Waals surface area contributed by atoms with Crippen molar-refractivity contribution < 1.29 is 8.42 Å². The number of rotatable bonds is 5. The molecule has 0 fully saturated rings. The van der Waals surface area contributed by atoms with E-state index in [-0.39, 0.29) is 14.9 Å². The Morgan fingerprint density at radius 1 is 1.35 bits per heavy atom. The summed E-state index contributed by atoms with van der Waals surface area (Å²) in [6, 6.07) is 4.52. The van der Waals surface area contributed by atoms with E-state index >= 15 is 0 Å². The first-order valence-corrected chi connectivity index (χ1v) is 7.28. The second kappa shape index (κ2) is 6.40. The minimum Gasteiger partial charge on any atom is -0.211 e. The van der Waals surface area contributed by atoms with E-state index < -0.39 is 10.0 Å². The topological polar surface area (TPSA) is 46.2 Å². The molecule has 17 heavy (non-hydrogen) atoms. The van der Waals surface area contributed by atoms with Crippen LogP contribution in [0.25, 0.3) is 0 Å². The van der Waals surface area contributed by atoms with Crippen LogP contribution in [0.5, 0.6) is 0 Å². The zero-order valence-electron chi connectivity index (χ0n) is 9.28. The average Bonchev–Trinajstić information content (AvgIpc) is 2.28. The van der Waals surface area contributed by atoms with Crippen LogP contribution in [-0.2, 0) is 10.0 Å². The van der Waals surface area contributed by atoms with E-state index in [9.17, 15) is 8.42 Å². The summed E-state index contributed by atoms with van der Waals surface area (Å²) in [6.45, 7) is 2.21. The van der Waals surface area contributed by atoms with E-state index in [0.717, 1.165) is 0 Å². The lowest BCUT2D eigenvalue weighted by Crippen LogP contribution is -2.24. The zero-order chi connectivity index (χ0) is 12.9. The molecule has 0 heterocycles. The average molecular weight is 294 g/mol. The minimum absolute atomic E-state index is 0.00662. The van der Waals surface area contributed by atoms with Gasteiger partial charge in [0.05, 0.1) is 10.0 Å². The molecular formula is C11H13Cl2NO2S. The van der Waals surface area contributed by atoms with Crippen molar-refractivity contribution in [1.82, 2.24) is 4.72 Å². The van der Waals surface area contributed by atoms with Crippen molar-refractivity contribution in [3.05, 3.63) is 40.4 Å². The Balaban J connectivity index is 2.86. The number of hydrogen-bond donors (Lipinski definition) is 1. The Kier molecular flexibility index (Phi) is 5.46. The third-order valence-corrected chi connectivity index (χ3v) is 4.48. The van der Waals surface area contributed by atoms with Gasteiger partial charge in [-0.15, -0.1) is 0 Å². The van der Waals surface area contributed by atoms with Gasteiger partial charge in [-0.25, -0.2) is 13.1 Å². The van der Waals surface area contributed by atoms with E-state index in [0.29, 0.717) is 13.0 Å². The SMILES string of the molecule is C/C=C/CCNS(=O)(=O)c1cccc(Cl)c1Cl. The summed E-state index contributed by atoms with van der Waals surface area (Å²) in [5, 5.41) is 0.274. The predicted octanol–water partition coefficient (Wildman–Crippen LogP) is 3.24. The first-order valence-electron chi connectivity index (χ1n) is 5.04. The molecule has 0 aliphatic rings. The summed E-state index contributed by atoms with van der Waals surface area (Å²) >= 11 is 11.6. The van der Waals surface area contributed by atoms with E-state index in [4.69, 9.17) is 23.2 Å². The van der Waals surface area contributed by atoms with Gasteiger partial charge in [0, 0.05) is 6.54 Å². The van der Waals surface area contributed by atoms with Crippen molar-refractivity contribution in [3.63, 3.8) is 0 Å². The van der Waals surface area contributed by atoms with Gasteiger partial charge in [0.2, 0.25) is 10.0 Å².